The summed E-state index contributed by atoms with van der Waals surface area (Å²) in [5.74, 6) is 1.56. The van der Waals surface area contributed by atoms with Crippen LogP contribution in [0.4, 0.5) is 11.6 Å². The zero-order chi connectivity index (χ0) is 20.0. The smallest absolute Gasteiger partial charge is 0.288 e. The first kappa shape index (κ1) is 17.4. The van der Waals surface area contributed by atoms with Crippen molar-refractivity contribution in [2.75, 3.05) is 19.5 Å². The number of aromatic amines is 1. The van der Waals surface area contributed by atoms with E-state index in [1.807, 2.05) is 29.6 Å². The van der Waals surface area contributed by atoms with Gasteiger partial charge in [-0.2, -0.15) is 9.78 Å². The Morgan fingerprint density at radius 1 is 1.17 bits per heavy atom. The normalized spacial score (nSPS) is 14.6. The van der Waals surface area contributed by atoms with Gasteiger partial charge in [0.2, 0.25) is 5.95 Å². The molecule has 0 fully saturated rings. The second kappa shape index (κ2) is 6.71. The van der Waals surface area contributed by atoms with E-state index in [1.165, 1.54) is 0 Å². The molecule has 0 radical (unpaired) electrons. The summed E-state index contributed by atoms with van der Waals surface area (Å²) in [5.41, 5.74) is 2.05. The zero-order valence-corrected chi connectivity index (χ0v) is 16.2. The highest BCUT2D eigenvalue weighted by atomic mass is 32.1. The number of methoxy groups -OCH3 is 2. The number of ether oxygens (including phenoxy) is 2. The maximum absolute atomic E-state index is 12.6. The molecule has 4 heterocycles. The van der Waals surface area contributed by atoms with E-state index in [0.29, 0.717) is 34.4 Å². The van der Waals surface area contributed by atoms with Crippen molar-refractivity contribution in [1.82, 2.24) is 30.4 Å². The topological polar surface area (TPSA) is 120 Å². The van der Waals surface area contributed by atoms with Crippen molar-refractivity contribution >= 4 is 23.0 Å². The number of aromatic nitrogens is 6. The van der Waals surface area contributed by atoms with Crippen LogP contribution in [-0.2, 0) is 0 Å². The quantitative estimate of drug-likeness (QED) is 0.464. The minimum absolute atomic E-state index is 0.347. The van der Waals surface area contributed by atoms with Gasteiger partial charge in [0.25, 0.3) is 5.56 Å². The van der Waals surface area contributed by atoms with Crippen LogP contribution in [0.1, 0.15) is 16.5 Å². The molecule has 0 saturated heterocycles. The second-order valence-corrected chi connectivity index (χ2v) is 7.23. The molecule has 5 rings (SSSR count). The molecular weight excluding hydrogens is 394 g/mol. The number of hydrogen-bond acceptors (Lipinski definition) is 9. The number of H-pyrrole nitrogens is 1. The van der Waals surface area contributed by atoms with E-state index in [2.05, 4.69) is 31.0 Å². The molecule has 0 amide bonds. The van der Waals surface area contributed by atoms with Gasteiger partial charge in [0.1, 0.15) is 11.7 Å². The molecule has 0 aliphatic carbocycles. The number of tetrazole rings is 1. The summed E-state index contributed by atoms with van der Waals surface area (Å²) in [4.78, 5) is 13.6. The zero-order valence-electron chi connectivity index (χ0n) is 15.4. The Morgan fingerprint density at radius 2 is 2.03 bits per heavy atom. The first-order valence-electron chi connectivity index (χ1n) is 8.64. The van der Waals surface area contributed by atoms with Gasteiger partial charge in [-0.1, -0.05) is 11.2 Å². The van der Waals surface area contributed by atoms with E-state index in [1.54, 1.807) is 36.3 Å². The first-order chi connectivity index (χ1) is 14.2. The monoisotopic (exact) mass is 409 g/mol. The van der Waals surface area contributed by atoms with E-state index in [-0.39, 0.29) is 5.56 Å². The molecule has 3 aromatic heterocycles. The Bertz CT molecular complexity index is 1250. The van der Waals surface area contributed by atoms with Crippen molar-refractivity contribution in [2.24, 2.45) is 0 Å². The summed E-state index contributed by atoms with van der Waals surface area (Å²) in [6, 6.07) is 9.02. The molecule has 0 spiro atoms. The Morgan fingerprint density at radius 3 is 2.79 bits per heavy atom. The fourth-order valence-electron chi connectivity index (χ4n) is 3.45. The average molecular weight is 409 g/mol. The molecule has 29 heavy (non-hydrogen) atoms. The van der Waals surface area contributed by atoms with Gasteiger partial charge >= 0.3 is 0 Å². The van der Waals surface area contributed by atoms with Crippen molar-refractivity contribution in [3.63, 3.8) is 0 Å². The van der Waals surface area contributed by atoms with Gasteiger partial charge in [-0.3, -0.25) is 4.79 Å². The second-order valence-electron chi connectivity index (χ2n) is 6.25. The van der Waals surface area contributed by atoms with Gasteiger partial charge in [-0.25, -0.2) is 5.10 Å². The van der Waals surface area contributed by atoms with Gasteiger partial charge in [-0.05, 0) is 40.1 Å². The van der Waals surface area contributed by atoms with Crippen molar-refractivity contribution in [2.45, 2.75) is 6.04 Å². The maximum atomic E-state index is 12.6. The number of rotatable bonds is 4. The lowest BCUT2D eigenvalue weighted by molar-refractivity contribution is 0.355. The van der Waals surface area contributed by atoms with Gasteiger partial charge < -0.3 is 14.8 Å². The van der Waals surface area contributed by atoms with Crippen LogP contribution in [-0.4, -0.2) is 44.6 Å². The fourth-order valence-corrected chi connectivity index (χ4v) is 4.27. The summed E-state index contributed by atoms with van der Waals surface area (Å²) in [6.45, 7) is 0. The largest absolute Gasteiger partial charge is 0.493 e. The third-order valence-electron chi connectivity index (χ3n) is 4.74. The number of hydrogen-bond donors (Lipinski definition) is 2. The van der Waals surface area contributed by atoms with E-state index in [0.717, 1.165) is 10.4 Å². The molecule has 1 aliphatic heterocycles. The number of nitrogens with one attached hydrogen (secondary N) is 2. The Kier molecular flexibility index (Phi) is 4.02. The number of fused-ring (bicyclic) bond motifs is 2. The Labute approximate surface area is 168 Å². The van der Waals surface area contributed by atoms with Crippen LogP contribution in [0.25, 0.3) is 11.3 Å². The van der Waals surface area contributed by atoms with E-state index in [9.17, 15) is 4.79 Å². The molecule has 1 atom stereocenters. The van der Waals surface area contributed by atoms with Gasteiger partial charge in [-0.15, -0.1) is 11.3 Å². The highest BCUT2D eigenvalue weighted by Gasteiger charge is 2.35. The van der Waals surface area contributed by atoms with Crippen molar-refractivity contribution in [3.05, 3.63) is 56.5 Å². The van der Waals surface area contributed by atoms with Crippen LogP contribution in [0.2, 0.25) is 0 Å². The molecule has 1 aromatic carbocycles. The molecule has 11 heteroatoms. The van der Waals surface area contributed by atoms with E-state index in [4.69, 9.17) is 9.47 Å². The fraction of sp³-hybridized carbons (Fsp3) is 0.167. The molecular formula is C18H15N7O3S. The molecule has 1 unspecified atom stereocenters. The van der Waals surface area contributed by atoms with Crippen LogP contribution in [0.3, 0.4) is 0 Å². The highest BCUT2D eigenvalue weighted by Crippen LogP contribution is 2.43. The van der Waals surface area contributed by atoms with Crippen LogP contribution < -0.4 is 20.3 Å². The molecule has 2 N–H and O–H groups in total. The van der Waals surface area contributed by atoms with Crippen molar-refractivity contribution < 1.29 is 9.47 Å². The lowest BCUT2D eigenvalue weighted by Gasteiger charge is -2.26. The molecule has 1 aliphatic rings. The van der Waals surface area contributed by atoms with Crippen LogP contribution in [0.15, 0.2) is 40.5 Å². The predicted molar refractivity (Wildman–Crippen MR) is 106 cm³/mol. The van der Waals surface area contributed by atoms with Gasteiger partial charge in [0.15, 0.2) is 11.5 Å². The summed E-state index contributed by atoms with van der Waals surface area (Å²) in [5, 5.41) is 23.8. The first-order valence-corrected chi connectivity index (χ1v) is 9.52. The third kappa shape index (κ3) is 2.66. The lowest BCUT2D eigenvalue weighted by Crippen LogP contribution is -2.28. The van der Waals surface area contributed by atoms with Crippen LogP contribution >= 0.6 is 11.3 Å². The number of benzene rings is 1. The van der Waals surface area contributed by atoms with Crippen molar-refractivity contribution in [3.8, 4) is 22.8 Å². The van der Waals surface area contributed by atoms with E-state index < -0.39 is 6.04 Å². The summed E-state index contributed by atoms with van der Waals surface area (Å²) in [7, 11) is 3.15. The number of anilines is 2. The molecule has 0 saturated carbocycles. The molecule has 10 nitrogen and oxygen atoms in total. The lowest BCUT2D eigenvalue weighted by atomic mass is 9.96. The summed E-state index contributed by atoms with van der Waals surface area (Å²) in [6.07, 6.45) is 0. The van der Waals surface area contributed by atoms with Crippen molar-refractivity contribution in [1.29, 1.82) is 0 Å². The minimum atomic E-state index is -0.394. The molecule has 146 valence electrons. The summed E-state index contributed by atoms with van der Waals surface area (Å²) >= 11 is 1.55. The molecule has 0 bridgehead atoms. The maximum Gasteiger partial charge on any atom is 0.288 e. The SMILES string of the molecule is COc1ccc(-c2n[nH]c(=O)c3c2C(c2cccs2)n2nnnc2N3)cc1OC. The number of nitrogens with zero attached hydrogens (tertiary/aromatic N) is 5. The van der Waals surface area contributed by atoms with Crippen LogP contribution in [0.5, 0.6) is 11.5 Å². The average Bonchev–Trinajstić information content (AvgIpc) is 3.44. The third-order valence-corrected chi connectivity index (χ3v) is 5.66. The van der Waals surface area contributed by atoms with Crippen LogP contribution in [0, 0.1) is 0 Å². The molecule has 4 aromatic rings. The Balaban J connectivity index is 1.78. The standard InChI is InChI=1S/C18H15N7O3S/c1-27-10-6-5-9(8-11(10)28-2)14-13-15(17(26)21-20-14)19-18-22-23-24-25(18)16(13)12-4-3-7-29-12/h3-8,16H,1-2H3,(H,21,26)(H,19,22,24). The highest BCUT2D eigenvalue weighted by molar-refractivity contribution is 7.10. The Hall–Kier alpha value is -3.73. The predicted octanol–water partition coefficient (Wildman–Crippen LogP) is 2.20. The van der Waals surface area contributed by atoms with E-state index >= 15 is 0 Å². The van der Waals surface area contributed by atoms with Gasteiger partial charge in [0.05, 0.1) is 19.9 Å². The van der Waals surface area contributed by atoms with Gasteiger partial charge in [0, 0.05) is 16.0 Å². The number of thiophene rings is 1. The summed E-state index contributed by atoms with van der Waals surface area (Å²) < 4.78 is 12.4. The minimum Gasteiger partial charge on any atom is -0.493 e.